The summed E-state index contributed by atoms with van der Waals surface area (Å²) in [7, 11) is 1.57. The summed E-state index contributed by atoms with van der Waals surface area (Å²) in [5.41, 5.74) is 2.76. The van der Waals surface area contributed by atoms with Crippen LogP contribution in [0.4, 0.5) is 0 Å². The molecule has 1 heterocycles. The molecule has 20 heavy (non-hydrogen) atoms. The number of benzene rings is 1. The van der Waals surface area contributed by atoms with Crippen molar-refractivity contribution < 1.29 is 14.3 Å². The van der Waals surface area contributed by atoms with Gasteiger partial charge < -0.3 is 14.5 Å². The molecule has 0 N–H and O–H groups in total. The van der Waals surface area contributed by atoms with Crippen molar-refractivity contribution in [3.63, 3.8) is 0 Å². The summed E-state index contributed by atoms with van der Waals surface area (Å²) in [5, 5.41) is 0. The summed E-state index contributed by atoms with van der Waals surface area (Å²) in [6.07, 6.45) is 0.832. The maximum Gasteiger partial charge on any atom is 0.257 e. The van der Waals surface area contributed by atoms with Crippen LogP contribution in [0.2, 0.25) is 0 Å². The molecule has 0 atom stereocenters. The van der Waals surface area contributed by atoms with E-state index in [0.29, 0.717) is 37.5 Å². The molecule has 1 aromatic rings. The molecule has 2 rings (SSSR count). The molecule has 1 aromatic carbocycles. The minimum atomic E-state index is -0.0319. The molecule has 5 heteroatoms. The molecule has 1 aliphatic rings. The van der Waals surface area contributed by atoms with E-state index < -0.39 is 0 Å². The van der Waals surface area contributed by atoms with Crippen molar-refractivity contribution in [2.75, 3.05) is 33.3 Å². The van der Waals surface area contributed by atoms with Crippen LogP contribution in [0.25, 0.3) is 0 Å². The molecular weight excluding hydrogens is 256 g/mol. The monoisotopic (exact) mass is 276 g/mol. The standard InChI is InChI=1S/C15H20N2O3/c1-11-8-13(14(20-3)9-12(11)2)15(19)17-6-4-16(10-18)5-7-17/h8-10H,4-7H2,1-3H3. The van der Waals surface area contributed by atoms with Gasteiger partial charge in [0.2, 0.25) is 6.41 Å². The van der Waals surface area contributed by atoms with Gasteiger partial charge in [-0.3, -0.25) is 9.59 Å². The van der Waals surface area contributed by atoms with Gasteiger partial charge in [-0.05, 0) is 37.1 Å². The second-order valence-corrected chi connectivity index (χ2v) is 5.07. The molecule has 5 nitrogen and oxygen atoms in total. The molecule has 0 unspecified atom stereocenters. The molecule has 0 aliphatic carbocycles. The fourth-order valence-electron chi connectivity index (χ4n) is 2.33. The Balaban J connectivity index is 2.21. The molecule has 2 amide bonds. The van der Waals surface area contributed by atoms with Crippen LogP contribution in [-0.2, 0) is 4.79 Å². The van der Waals surface area contributed by atoms with Crippen molar-refractivity contribution in [2.24, 2.45) is 0 Å². The second kappa shape index (κ2) is 5.94. The number of nitrogens with zero attached hydrogens (tertiary/aromatic N) is 2. The van der Waals surface area contributed by atoms with Crippen molar-refractivity contribution in [2.45, 2.75) is 13.8 Å². The average Bonchev–Trinajstić information content (AvgIpc) is 2.49. The first-order valence-electron chi connectivity index (χ1n) is 6.70. The van der Waals surface area contributed by atoms with Gasteiger partial charge in [0.25, 0.3) is 5.91 Å². The third-order valence-corrected chi connectivity index (χ3v) is 3.80. The topological polar surface area (TPSA) is 49.9 Å². The molecule has 1 fully saturated rings. The van der Waals surface area contributed by atoms with Gasteiger partial charge in [0.1, 0.15) is 5.75 Å². The van der Waals surface area contributed by atoms with Crippen LogP contribution in [0.1, 0.15) is 21.5 Å². The number of carbonyl (C=O) groups is 2. The molecule has 1 saturated heterocycles. The molecule has 0 saturated carbocycles. The lowest BCUT2D eigenvalue weighted by Gasteiger charge is -2.33. The van der Waals surface area contributed by atoms with Crippen LogP contribution in [0.15, 0.2) is 12.1 Å². The number of carbonyl (C=O) groups excluding carboxylic acids is 2. The van der Waals surface area contributed by atoms with Crippen molar-refractivity contribution in [3.05, 3.63) is 28.8 Å². The highest BCUT2D eigenvalue weighted by molar-refractivity contribution is 5.97. The second-order valence-electron chi connectivity index (χ2n) is 5.07. The number of hydrogen-bond acceptors (Lipinski definition) is 3. The van der Waals surface area contributed by atoms with E-state index in [-0.39, 0.29) is 5.91 Å². The number of amides is 2. The van der Waals surface area contributed by atoms with Gasteiger partial charge in [0.05, 0.1) is 12.7 Å². The van der Waals surface area contributed by atoms with E-state index in [1.807, 2.05) is 26.0 Å². The third kappa shape index (κ3) is 2.76. The van der Waals surface area contributed by atoms with Gasteiger partial charge in [-0.1, -0.05) is 0 Å². The Morgan fingerprint density at radius 3 is 2.30 bits per heavy atom. The van der Waals surface area contributed by atoms with Crippen LogP contribution < -0.4 is 4.74 Å². The number of piperazine rings is 1. The Hall–Kier alpha value is -2.04. The first kappa shape index (κ1) is 14.4. The van der Waals surface area contributed by atoms with Gasteiger partial charge in [-0.25, -0.2) is 0 Å². The van der Waals surface area contributed by atoms with Crippen LogP contribution in [0.3, 0.4) is 0 Å². The lowest BCUT2D eigenvalue weighted by molar-refractivity contribution is -0.119. The minimum Gasteiger partial charge on any atom is -0.496 e. The number of methoxy groups -OCH3 is 1. The van der Waals surface area contributed by atoms with E-state index in [9.17, 15) is 9.59 Å². The normalized spacial score (nSPS) is 15.2. The molecule has 0 aromatic heterocycles. The summed E-state index contributed by atoms with van der Waals surface area (Å²) in [4.78, 5) is 26.7. The molecule has 0 spiro atoms. The van der Waals surface area contributed by atoms with E-state index in [2.05, 4.69) is 0 Å². The van der Waals surface area contributed by atoms with Gasteiger partial charge in [0, 0.05) is 26.2 Å². The number of hydrogen-bond donors (Lipinski definition) is 0. The zero-order chi connectivity index (χ0) is 14.7. The largest absolute Gasteiger partial charge is 0.496 e. The summed E-state index contributed by atoms with van der Waals surface area (Å²) < 4.78 is 5.32. The molecule has 1 aliphatic heterocycles. The SMILES string of the molecule is COc1cc(C)c(C)cc1C(=O)N1CCN(C=O)CC1. The summed E-state index contributed by atoms with van der Waals surface area (Å²) in [6, 6.07) is 3.77. The number of aryl methyl sites for hydroxylation is 2. The fourth-order valence-corrected chi connectivity index (χ4v) is 2.33. The molecule has 0 bridgehead atoms. The fraction of sp³-hybridized carbons (Fsp3) is 0.467. The zero-order valence-corrected chi connectivity index (χ0v) is 12.2. The first-order chi connectivity index (χ1) is 9.56. The third-order valence-electron chi connectivity index (χ3n) is 3.80. The van der Waals surface area contributed by atoms with E-state index in [1.165, 1.54) is 0 Å². The van der Waals surface area contributed by atoms with Gasteiger partial charge in [0.15, 0.2) is 0 Å². The van der Waals surface area contributed by atoms with Crippen LogP contribution in [-0.4, -0.2) is 55.4 Å². The average molecular weight is 276 g/mol. The molecule has 108 valence electrons. The molecular formula is C15H20N2O3. The predicted octanol–water partition coefficient (Wildman–Crippen LogP) is 1.23. The summed E-state index contributed by atoms with van der Waals surface area (Å²) >= 11 is 0. The zero-order valence-electron chi connectivity index (χ0n) is 12.2. The van der Waals surface area contributed by atoms with E-state index in [1.54, 1.807) is 16.9 Å². The Morgan fingerprint density at radius 2 is 1.75 bits per heavy atom. The highest BCUT2D eigenvalue weighted by Crippen LogP contribution is 2.24. The van der Waals surface area contributed by atoms with Crippen molar-refractivity contribution in [1.29, 1.82) is 0 Å². The lowest BCUT2D eigenvalue weighted by Crippen LogP contribution is -2.48. The van der Waals surface area contributed by atoms with Gasteiger partial charge in [-0.2, -0.15) is 0 Å². The number of rotatable bonds is 3. The van der Waals surface area contributed by atoms with E-state index in [0.717, 1.165) is 17.5 Å². The van der Waals surface area contributed by atoms with E-state index >= 15 is 0 Å². The predicted molar refractivity (Wildman–Crippen MR) is 76.0 cm³/mol. The number of ether oxygens (including phenoxy) is 1. The Labute approximate surface area is 119 Å². The Bertz CT molecular complexity index is 520. The highest BCUT2D eigenvalue weighted by atomic mass is 16.5. The van der Waals surface area contributed by atoms with Crippen molar-refractivity contribution in [3.8, 4) is 5.75 Å². The van der Waals surface area contributed by atoms with Crippen molar-refractivity contribution >= 4 is 12.3 Å². The maximum absolute atomic E-state index is 12.6. The Kier molecular flexibility index (Phi) is 4.27. The minimum absolute atomic E-state index is 0.0319. The van der Waals surface area contributed by atoms with Crippen LogP contribution in [0, 0.1) is 13.8 Å². The first-order valence-corrected chi connectivity index (χ1v) is 6.70. The maximum atomic E-state index is 12.6. The Morgan fingerprint density at radius 1 is 1.15 bits per heavy atom. The molecule has 0 radical (unpaired) electrons. The van der Waals surface area contributed by atoms with Crippen LogP contribution in [0.5, 0.6) is 5.75 Å². The van der Waals surface area contributed by atoms with Gasteiger partial charge in [-0.15, -0.1) is 0 Å². The summed E-state index contributed by atoms with van der Waals surface area (Å²) in [5.74, 6) is 0.575. The van der Waals surface area contributed by atoms with E-state index in [4.69, 9.17) is 4.74 Å². The highest BCUT2D eigenvalue weighted by Gasteiger charge is 2.24. The van der Waals surface area contributed by atoms with Crippen LogP contribution >= 0.6 is 0 Å². The van der Waals surface area contributed by atoms with Gasteiger partial charge >= 0.3 is 0 Å². The summed E-state index contributed by atoms with van der Waals surface area (Å²) in [6.45, 7) is 6.27. The smallest absolute Gasteiger partial charge is 0.257 e. The quantitative estimate of drug-likeness (QED) is 0.780. The van der Waals surface area contributed by atoms with Crippen molar-refractivity contribution in [1.82, 2.24) is 9.80 Å². The lowest BCUT2D eigenvalue weighted by atomic mass is 10.0.